The molecule has 3 rings (SSSR count). The molecule has 0 bridgehead atoms. The molecular weight excluding hydrogens is 262 g/mol. The zero-order chi connectivity index (χ0) is 14.8. The molecule has 1 aromatic carbocycles. The molecule has 1 aromatic heterocycles. The first-order chi connectivity index (χ1) is 10.2. The van der Waals surface area contributed by atoms with Crippen LogP contribution in [0, 0.1) is 6.92 Å². The topological polar surface area (TPSA) is 38.1 Å². The minimum absolute atomic E-state index is 0.180. The van der Waals surface area contributed by atoms with Crippen molar-refractivity contribution in [2.45, 2.75) is 32.7 Å². The highest BCUT2D eigenvalue weighted by molar-refractivity contribution is 5.73. The van der Waals surface area contributed by atoms with Crippen LogP contribution in [0.25, 0.3) is 11.4 Å². The summed E-state index contributed by atoms with van der Waals surface area (Å²) in [5.74, 6) is 1.22. The zero-order valence-corrected chi connectivity index (χ0v) is 12.6. The van der Waals surface area contributed by atoms with E-state index in [1.54, 1.807) is 6.92 Å². The van der Waals surface area contributed by atoms with Crippen LogP contribution in [0.4, 0.5) is 0 Å². The van der Waals surface area contributed by atoms with E-state index in [1.165, 1.54) is 5.69 Å². The summed E-state index contributed by atoms with van der Waals surface area (Å²) in [6.07, 6.45) is 3.94. The van der Waals surface area contributed by atoms with E-state index < -0.39 is 0 Å². The number of aromatic nitrogens is 2. The third-order valence-electron chi connectivity index (χ3n) is 4.29. The largest absolute Gasteiger partial charge is 0.343 e. The first-order valence-corrected chi connectivity index (χ1v) is 7.51. The van der Waals surface area contributed by atoms with Crippen molar-refractivity contribution in [1.29, 1.82) is 0 Å². The third-order valence-corrected chi connectivity index (χ3v) is 4.29. The van der Waals surface area contributed by atoms with Gasteiger partial charge in [-0.05, 0) is 19.8 Å². The molecule has 0 unspecified atom stereocenters. The van der Waals surface area contributed by atoms with Crippen molar-refractivity contribution >= 4 is 5.91 Å². The van der Waals surface area contributed by atoms with Crippen molar-refractivity contribution in [2.24, 2.45) is 0 Å². The minimum atomic E-state index is 0.180. The Morgan fingerprint density at radius 3 is 2.48 bits per heavy atom. The molecule has 110 valence electrons. The molecule has 0 atom stereocenters. The first kappa shape index (κ1) is 13.9. The van der Waals surface area contributed by atoms with E-state index >= 15 is 0 Å². The number of rotatable bonds is 2. The van der Waals surface area contributed by atoms with Crippen LogP contribution in [0.5, 0.6) is 0 Å². The molecule has 0 radical (unpaired) electrons. The van der Waals surface area contributed by atoms with Gasteiger partial charge >= 0.3 is 0 Å². The molecule has 1 aliphatic heterocycles. The van der Waals surface area contributed by atoms with Crippen LogP contribution in [0.15, 0.2) is 36.5 Å². The van der Waals surface area contributed by atoms with Gasteiger partial charge in [-0.3, -0.25) is 4.79 Å². The fourth-order valence-electron chi connectivity index (χ4n) is 3.15. The highest BCUT2D eigenvalue weighted by atomic mass is 16.2. The average molecular weight is 283 g/mol. The van der Waals surface area contributed by atoms with Crippen LogP contribution in [0.1, 0.15) is 31.5 Å². The van der Waals surface area contributed by atoms with Crippen molar-refractivity contribution in [3.63, 3.8) is 0 Å². The van der Waals surface area contributed by atoms with Crippen LogP contribution in [-0.4, -0.2) is 33.4 Å². The van der Waals surface area contributed by atoms with Crippen LogP contribution in [0.3, 0.4) is 0 Å². The minimum Gasteiger partial charge on any atom is -0.343 e. The molecule has 0 saturated carbocycles. The standard InChI is InChI=1S/C17H21N3O/c1-13-12-18-17(15-6-4-3-5-7-15)20(13)16-8-10-19(11-9-16)14(2)21/h3-7,12,16H,8-11H2,1-2H3. The lowest BCUT2D eigenvalue weighted by atomic mass is 10.0. The van der Waals surface area contributed by atoms with Crippen LogP contribution >= 0.6 is 0 Å². The van der Waals surface area contributed by atoms with Gasteiger partial charge in [0.15, 0.2) is 0 Å². The van der Waals surface area contributed by atoms with E-state index in [2.05, 4.69) is 28.6 Å². The number of imidazole rings is 1. The maximum atomic E-state index is 11.5. The van der Waals surface area contributed by atoms with Gasteiger partial charge in [-0.25, -0.2) is 4.98 Å². The highest BCUT2D eigenvalue weighted by Gasteiger charge is 2.24. The van der Waals surface area contributed by atoms with Crippen molar-refractivity contribution in [3.8, 4) is 11.4 Å². The number of carbonyl (C=O) groups is 1. The summed E-state index contributed by atoms with van der Waals surface area (Å²) in [4.78, 5) is 18.0. The summed E-state index contributed by atoms with van der Waals surface area (Å²) in [6, 6.07) is 10.7. The van der Waals surface area contributed by atoms with Gasteiger partial charge in [0.2, 0.25) is 5.91 Å². The fourth-order valence-corrected chi connectivity index (χ4v) is 3.15. The van der Waals surface area contributed by atoms with Gasteiger partial charge in [0.25, 0.3) is 0 Å². The number of hydrogen-bond donors (Lipinski definition) is 0. The van der Waals surface area contributed by atoms with Gasteiger partial charge in [0.1, 0.15) is 5.82 Å². The normalized spacial score (nSPS) is 16.2. The Balaban J connectivity index is 1.87. The molecular formula is C17H21N3O. The average Bonchev–Trinajstić information content (AvgIpc) is 2.90. The second-order valence-corrected chi connectivity index (χ2v) is 5.70. The van der Waals surface area contributed by atoms with Gasteiger partial charge in [0.05, 0.1) is 0 Å². The Morgan fingerprint density at radius 1 is 1.19 bits per heavy atom. The molecule has 1 fully saturated rings. The SMILES string of the molecule is CC(=O)N1CCC(n2c(C)cnc2-c2ccccc2)CC1. The van der Waals surface area contributed by atoms with Crippen molar-refractivity contribution in [2.75, 3.05) is 13.1 Å². The van der Waals surface area contributed by atoms with Gasteiger partial charge in [-0.15, -0.1) is 0 Å². The van der Waals surface area contributed by atoms with Gasteiger partial charge in [-0.1, -0.05) is 30.3 Å². The summed E-state index contributed by atoms with van der Waals surface area (Å²) in [6.45, 7) is 5.44. The predicted molar refractivity (Wildman–Crippen MR) is 82.9 cm³/mol. The molecule has 1 aliphatic rings. The van der Waals surface area contributed by atoms with E-state index in [4.69, 9.17) is 0 Å². The molecule has 4 nitrogen and oxygen atoms in total. The monoisotopic (exact) mass is 283 g/mol. The zero-order valence-electron chi connectivity index (χ0n) is 12.6. The van der Waals surface area contributed by atoms with E-state index in [1.807, 2.05) is 29.3 Å². The van der Waals surface area contributed by atoms with E-state index in [0.29, 0.717) is 6.04 Å². The van der Waals surface area contributed by atoms with Gasteiger partial charge in [0, 0.05) is 43.5 Å². The maximum absolute atomic E-state index is 11.5. The Kier molecular flexibility index (Phi) is 3.78. The van der Waals surface area contributed by atoms with Gasteiger partial charge in [-0.2, -0.15) is 0 Å². The molecule has 0 aliphatic carbocycles. The fraction of sp³-hybridized carbons (Fsp3) is 0.412. The van der Waals surface area contributed by atoms with E-state index in [0.717, 1.165) is 37.3 Å². The molecule has 0 spiro atoms. The third kappa shape index (κ3) is 2.71. The van der Waals surface area contributed by atoms with Crippen molar-refractivity contribution in [1.82, 2.24) is 14.5 Å². The predicted octanol–water partition coefficient (Wildman–Crippen LogP) is 3.04. The lowest BCUT2D eigenvalue weighted by Crippen LogP contribution is -2.37. The lowest BCUT2D eigenvalue weighted by Gasteiger charge is -2.33. The Morgan fingerprint density at radius 2 is 1.86 bits per heavy atom. The van der Waals surface area contributed by atoms with E-state index in [-0.39, 0.29) is 5.91 Å². The van der Waals surface area contributed by atoms with Crippen LogP contribution in [0.2, 0.25) is 0 Å². The maximum Gasteiger partial charge on any atom is 0.219 e. The number of nitrogens with zero attached hydrogens (tertiary/aromatic N) is 3. The van der Waals surface area contributed by atoms with Crippen molar-refractivity contribution < 1.29 is 4.79 Å². The number of amides is 1. The smallest absolute Gasteiger partial charge is 0.219 e. The van der Waals surface area contributed by atoms with Gasteiger partial charge < -0.3 is 9.47 Å². The number of benzene rings is 1. The molecule has 2 heterocycles. The summed E-state index contributed by atoms with van der Waals surface area (Å²) in [5, 5.41) is 0. The summed E-state index contributed by atoms with van der Waals surface area (Å²) >= 11 is 0. The molecule has 1 amide bonds. The first-order valence-electron chi connectivity index (χ1n) is 7.51. The molecule has 1 saturated heterocycles. The number of hydrogen-bond acceptors (Lipinski definition) is 2. The molecule has 21 heavy (non-hydrogen) atoms. The summed E-state index contributed by atoms with van der Waals surface area (Å²) in [7, 11) is 0. The van der Waals surface area contributed by atoms with Crippen molar-refractivity contribution in [3.05, 3.63) is 42.2 Å². The van der Waals surface area contributed by atoms with Crippen LogP contribution in [-0.2, 0) is 4.79 Å². The molecule has 0 N–H and O–H groups in total. The summed E-state index contributed by atoms with van der Waals surface area (Å²) in [5.41, 5.74) is 2.34. The second-order valence-electron chi connectivity index (χ2n) is 5.70. The number of likely N-dealkylation sites (tertiary alicyclic amines) is 1. The number of aryl methyl sites for hydroxylation is 1. The highest BCUT2D eigenvalue weighted by Crippen LogP contribution is 2.30. The lowest BCUT2D eigenvalue weighted by molar-refractivity contribution is -0.130. The quantitative estimate of drug-likeness (QED) is 0.849. The Bertz CT molecular complexity index is 625. The molecule has 4 heteroatoms. The molecule has 2 aromatic rings. The summed E-state index contributed by atoms with van der Waals surface area (Å²) < 4.78 is 2.34. The number of piperidine rings is 1. The second kappa shape index (κ2) is 5.72. The van der Waals surface area contributed by atoms with E-state index in [9.17, 15) is 4.79 Å². The Hall–Kier alpha value is -2.10. The number of carbonyl (C=O) groups excluding carboxylic acids is 1. The Labute approximate surface area is 125 Å². The van der Waals surface area contributed by atoms with Crippen LogP contribution < -0.4 is 0 Å².